The Hall–Kier alpha value is -3.41. The van der Waals surface area contributed by atoms with Crippen LogP contribution >= 0.6 is 0 Å². The summed E-state index contributed by atoms with van der Waals surface area (Å²) in [6.07, 6.45) is 0. The van der Waals surface area contributed by atoms with Crippen LogP contribution in [0.25, 0.3) is 0 Å². The molecule has 0 atom stereocenters. The summed E-state index contributed by atoms with van der Waals surface area (Å²) >= 11 is 0. The third kappa shape index (κ3) is 5.10. The number of esters is 1. The standard InChI is InChI=1S/C23H26N4O2/c1-6-29-22(28)18-7-9-19(10-8-18)25-23-24-17(5)13-20(27-23)26-21-15(3)11-14(2)12-16(21)4/h7-13H,6H2,1-5H3,(H2,24,25,26,27). The highest BCUT2D eigenvalue weighted by molar-refractivity contribution is 5.89. The van der Waals surface area contributed by atoms with Gasteiger partial charge in [-0.2, -0.15) is 4.98 Å². The maximum Gasteiger partial charge on any atom is 0.338 e. The third-order valence-corrected chi connectivity index (χ3v) is 4.44. The van der Waals surface area contributed by atoms with Crippen LogP contribution in [0.2, 0.25) is 0 Å². The predicted octanol–water partition coefficient (Wildman–Crippen LogP) is 5.37. The van der Waals surface area contributed by atoms with Crippen LogP contribution in [-0.4, -0.2) is 22.5 Å². The van der Waals surface area contributed by atoms with E-state index in [-0.39, 0.29) is 5.97 Å². The highest BCUT2D eigenvalue weighted by Gasteiger charge is 2.09. The van der Waals surface area contributed by atoms with Crippen molar-refractivity contribution >= 4 is 29.1 Å². The van der Waals surface area contributed by atoms with Crippen LogP contribution in [0.1, 0.15) is 39.7 Å². The lowest BCUT2D eigenvalue weighted by molar-refractivity contribution is 0.0526. The Morgan fingerprint density at radius 1 is 0.931 bits per heavy atom. The van der Waals surface area contributed by atoms with Gasteiger partial charge in [-0.1, -0.05) is 17.7 Å². The first-order valence-corrected chi connectivity index (χ1v) is 9.60. The average Bonchev–Trinajstić information content (AvgIpc) is 2.65. The summed E-state index contributed by atoms with van der Waals surface area (Å²) in [5.41, 5.74) is 6.77. The number of anilines is 4. The van der Waals surface area contributed by atoms with Crippen LogP contribution in [0, 0.1) is 27.7 Å². The summed E-state index contributed by atoms with van der Waals surface area (Å²) in [6, 6.07) is 13.2. The topological polar surface area (TPSA) is 76.1 Å². The van der Waals surface area contributed by atoms with Crippen molar-refractivity contribution < 1.29 is 9.53 Å². The molecule has 3 aromatic rings. The molecule has 0 spiro atoms. The van der Waals surface area contributed by atoms with Crippen LogP contribution in [0.4, 0.5) is 23.1 Å². The Bertz CT molecular complexity index is 1010. The maximum atomic E-state index is 11.8. The van der Waals surface area contributed by atoms with E-state index in [1.165, 1.54) is 16.7 Å². The molecular weight excluding hydrogens is 364 g/mol. The van der Waals surface area contributed by atoms with Crippen molar-refractivity contribution in [1.82, 2.24) is 9.97 Å². The average molecular weight is 390 g/mol. The molecule has 0 aliphatic heterocycles. The van der Waals surface area contributed by atoms with Crippen molar-refractivity contribution in [2.24, 2.45) is 0 Å². The van der Waals surface area contributed by atoms with E-state index in [1.807, 2.05) is 13.0 Å². The Morgan fingerprint density at radius 2 is 1.59 bits per heavy atom. The molecule has 1 aromatic heterocycles. The minimum Gasteiger partial charge on any atom is -0.462 e. The number of hydrogen-bond donors (Lipinski definition) is 2. The zero-order valence-electron chi connectivity index (χ0n) is 17.5. The van der Waals surface area contributed by atoms with Gasteiger partial charge in [-0.15, -0.1) is 0 Å². The van der Waals surface area contributed by atoms with E-state index in [1.54, 1.807) is 31.2 Å². The minimum absolute atomic E-state index is 0.332. The second kappa shape index (κ2) is 8.73. The molecular formula is C23H26N4O2. The summed E-state index contributed by atoms with van der Waals surface area (Å²) in [5.74, 6) is 0.873. The molecule has 6 heteroatoms. The largest absolute Gasteiger partial charge is 0.462 e. The Morgan fingerprint density at radius 3 is 2.21 bits per heavy atom. The number of nitrogens with zero attached hydrogens (tertiary/aromatic N) is 2. The maximum absolute atomic E-state index is 11.8. The summed E-state index contributed by atoms with van der Waals surface area (Å²) in [6.45, 7) is 10.3. The van der Waals surface area contributed by atoms with Gasteiger partial charge in [0.2, 0.25) is 5.95 Å². The molecule has 0 unspecified atom stereocenters. The van der Waals surface area contributed by atoms with Gasteiger partial charge in [0.15, 0.2) is 0 Å². The number of aryl methyl sites for hydroxylation is 4. The molecule has 0 saturated heterocycles. The minimum atomic E-state index is -0.332. The van der Waals surface area contributed by atoms with Gasteiger partial charge < -0.3 is 15.4 Å². The van der Waals surface area contributed by atoms with Crippen molar-refractivity contribution in [1.29, 1.82) is 0 Å². The monoisotopic (exact) mass is 390 g/mol. The molecule has 0 amide bonds. The molecule has 6 nitrogen and oxygen atoms in total. The number of aromatic nitrogens is 2. The lowest BCUT2D eigenvalue weighted by Crippen LogP contribution is -2.05. The highest BCUT2D eigenvalue weighted by Crippen LogP contribution is 2.26. The number of carbonyl (C=O) groups is 1. The summed E-state index contributed by atoms with van der Waals surface area (Å²) < 4.78 is 5.01. The van der Waals surface area contributed by atoms with Crippen molar-refractivity contribution in [3.63, 3.8) is 0 Å². The summed E-state index contributed by atoms with van der Waals surface area (Å²) in [7, 11) is 0. The normalized spacial score (nSPS) is 10.5. The fourth-order valence-corrected chi connectivity index (χ4v) is 3.23. The molecule has 1 heterocycles. The second-order valence-electron chi connectivity index (χ2n) is 7.04. The molecule has 0 aliphatic rings. The van der Waals surface area contributed by atoms with Gasteiger partial charge in [0.25, 0.3) is 0 Å². The van der Waals surface area contributed by atoms with Crippen LogP contribution in [0.5, 0.6) is 0 Å². The highest BCUT2D eigenvalue weighted by atomic mass is 16.5. The zero-order valence-corrected chi connectivity index (χ0v) is 17.5. The fraction of sp³-hybridized carbons (Fsp3) is 0.261. The molecule has 150 valence electrons. The van der Waals surface area contributed by atoms with E-state index in [0.717, 1.165) is 22.9 Å². The molecule has 0 fully saturated rings. The molecule has 2 aromatic carbocycles. The molecule has 29 heavy (non-hydrogen) atoms. The first-order valence-electron chi connectivity index (χ1n) is 9.60. The van der Waals surface area contributed by atoms with Gasteiger partial charge in [-0.25, -0.2) is 9.78 Å². The number of benzene rings is 2. The SMILES string of the molecule is CCOC(=O)c1ccc(Nc2nc(C)cc(Nc3c(C)cc(C)cc3C)n2)cc1. The van der Waals surface area contributed by atoms with Gasteiger partial charge in [0, 0.05) is 23.1 Å². The lowest BCUT2D eigenvalue weighted by atomic mass is 10.1. The predicted molar refractivity (Wildman–Crippen MR) is 116 cm³/mol. The van der Waals surface area contributed by atoms with Crippen molar-refractivity contribution in [3.05, 3.63) is 70.4 Å². The van der Waals surface area contributed by atoms with Gasteiger partial charge in [0.05, 0.1) is 12.2 Å². The van der Waals surface area contributed by atoms with E-state index in [2.05, 4.69) is 53.5 Å². The van der Waals surface area contributed by atoms with Gasteiger partial charge >= 0.3 is 5.97 Å². The number of ether oxygens (including phenoxy) is 1. The Kier molecular flexibility index (Phi) is 6.12. The van der Waals surface area contributed by atoms with Crippen LogP contribution < -0.4 is 10.6 Å². The van der Waals surface area contributed by atoms with Crippen molar-refractivity contribution in [2.75, 3.05) is 17.2 Å². The zero-order chi connectivity index (χ0) is 21.0. The first-order chi connectivity index (χ1) is 13.9. The van der Waals surface area contributed by atoms with Crippen molar-refractivity contribution in [3.8, 4) is 0 Å². The lowest BCUT2D eigenvalue weighted by Gasteiger charge is -2.15. The second-order valence-corrected chi connectivity index (χ2v) is 7.04. The van der Waals surface area contributed by atoms with Crippen LogP contribution in [0.3, 0.4) is 0 Å². The third-order valence-electron chi connectivity index (χ3n) is 4.44. The fourth-order valence-electron chi connectivity index (χ4n) is 3.23. The first kappa shape index (κ1) is 20.3. The van der Waals surface area contributed by atoms with E-state index in [9.17, 15) is 4.79 Å². The molecule has 0 radical (unpaired) electrons. The van der Waals surface area contributed by atoms with Crippen LogP contribution in [-0.2, 0) is 4.74 Å². The van der Waals surface area contributed by atoms with E-state index < -0.39 is 0 Å². The van der Waals surface area contributed by atoms with E-state index >= 15 is 0 Å². The molecule has 2 N–H and O–H groups in total. The van der Waals surface area contributed by atoms with Gasteiger partial charge in [-0.3, -0.25) is 0 Å². The van der Waals surface area contributed by atoms with Gasteiger partial charge in [0.1, 0.15) is 5.82 Å². The molecule has 0 aliphatic carbocycles. The number of carbonyl (C=O) groups excluding carboxylic acids is 1. The Balaban J connectivity index is 1.80. The smallest absolute Gasteiger partial charge is 0.338 e. The summed E-state index contributed by atoms with van der Waals surface area (Å²) in [4.78, 5) is 20.8. The Labute approximate surface area is 171 Å². The van der Waals surface area contributed by atoms with Crippen LogP contribution in [0.15, 0.2) is 42.5 Å². The number of rotatable bonds is 6. The quantitative estimate of drug-likeness (QED) is 0.551. The molecule has 3 rings (SSSR count). The van der Waals surface area contributed by atoms with Gasteiger partial charge in [-0.05, 0) is 70.0 Å². The molecule has 0 saturated carbocycles. The van der Waals surface area contributed by atoms with Crippen molar-refractivity contribution in [2.45, 2.75) is 34.6 Å². The van der Waals surface area contributed by atoms with E-state index in [0.29, 0.717) is 18.1 Å². The number of nitrogens with one attached hydrogen (secondary N) is 2. The van der Waals surface area contributed by atoms with E-state index in [4.69, 9.17) is 4.74 Å². The molecule has 0 bridgehead atoms. The summed E-state index contributed by atoms with van der Waals surface area (Å²) in [5, 5.41) is 6.61. The number of hydrogen-bond acceptors (Lipinski definition) is 6.